The minimum Gasteiger partial charge on any atom is -0.339 e. The van der Waals surface area contributed by atoms with E-state index < -0.39 is 0 Å². The molecule has 5 nitrogen and oxygen atoms in total. The normalized spacial score (nSPS) is 11.3. The molecule has 0 aromatic carbocycles. The topological polar surface area (TPSA) is 100 Å². The maximum atomic E-state index is 9.11. The predicted octanol–water partition coefficient (Wildman–Crippen LogP) is 7.00. The number of unbranched alkanes of at least 4 members (excludes halogenated alkanes) is 1. The highest BCUT2D eigenvalue weighted by atomic mass is 32.1. The zero-order chi connectivity index (χ0) is 22.4. The summed E-state index contributed by atoms with van der Waals surface area (Å²) in [6.07, 6.45) is 7.89. The van der Waals surface area contributed by atoms with E-state index in [9.17, 15) is 0 Å². The fourth-order valence-corrected chi connectivity index (χ4v) is 5.99. The summed E-state index contributed by atoms with van der Waals surface area (Å²) in [5, 5.41) is 36.4. The smallest absolute Gasteiger partial charge is 0.131 e. The van der Waals surface area contributed by atoms with Gasteiger partial charge in [-0.15, -0.1) is 22.7 Å². The average Bonchev–Trinajstić information content (AvgIpc) is 3.45. The van der Waals surface area contributed by atoms with Crippen molar-refractivity contribution in [1.29, 1.82) is 21.0 Å². The molecule has 0 amide bonds. The fourth-order valence-electron chi connectivity index (χ4n) is 3.63. The van der Waals surface area contributed by atoms with E-state index in [0.29, 0.717) is 5.92 Å². The van der Waals surface area contributed by atoms with Gasteiger partial charge >= 0.3 is 0 Å². The van der Waals surface area contributed by atoms with Crippen LogP contribution in [0.25, 0.3) is 32.6 Å². The SMILES string of the molecule is CCCCC(CC)Cn1c2cc(C=C(C#N)C#N)sc2c2sc(C=C(C#N)C#N)cc21. The van der Waals surface area contributed by atoms with Crippen LogP contribution in [0.15, 0.2) is 23.3 Å². The molecule has 0 fully saturated rings. The first-order valence-electron chi connectivity index (χ1n) is 10.2. The maximum Gasteiger partial charge on any atom is 0.131 e. The number of nitrogens with zero attached hydrogens (tertiary/aromatic N) is 5. The summed E-state index contributed by atoms with van der Waals surface area (Å²) in [7, 11) is 0. The molecule has 31 heavy (non-hydrogen) atoms. The van der Waals surface area contributed by atoms with Crippen molar-refractivity contribution in [2.24, 2.45) is 5.92 Å². The molecule has 0 spiro atoms. The van der Waals surface area contributed by atoms with Gasteiger partial charge in [-0.1, -0.05) is 33.1 Å². The van der Waals surface area contributed by atoms with Crippen LogP contribution in [0.3, 0.4) is 0 Å². The van der Waals surface area contributed by atoms with Crippen LogP contribution in [0, 0.1) is 51.2 Å². The maximum absolute atomic E-state index is 9.11. The Morgan fingerprint density at radius 1 is 0.903 bits per heavy atom. The molecule has 0 aliphatic heterocycles. The molecule has 0 saturated carbocycles. The van der Waals surface area contributed by atoms with Crippen LogP contribution < -0.4 is 0 Å². The molecule has 3 aromatic heterocycles. The van der Waals surface area contributed by atoms with Crippen molar-refractivity contribution < 1.29 is 0 Å². The Labute approximate surface area is 190 Å². The summed E-state index contributed by atoms with van der Waals surface area (Å²) in [4.78, 5) is 1.75. The second-order valence-electron chi connectivity index (χ2n) is 7.32. The van der Waals surface area contributed by atoms with E-state index in [1.807, 2.05) is 24.3 Å². The number of rotatable bonds is 8. The molecule has 3 rings (SSSR count). The number of nitriles is 4. The molecule has 0 bridgehead atoms. The zero-order valence-corrected chi connectivity index (χ0v) is 19.1. The Morgan fingerprint density at radius 3 is 1.77 bits per heavy atom. The highest BCUT2D eigenvalue weighted by Crippen LogP contribution is 2.42. The van der Waals surface area contributed by atoms with Gasteiger partial charge in [0, 0.05) is 16.3 Å². The lowest BCUT2D eigenvalue weighted by Crippen LogP contribution is -2.09. The van der Waals surface area contributed by atoms with Crippen molar-refractivity contribution in [2.45, 2.75) is 46.1 Å². The van der Waals surface area contributed by atoms with Gasteiger partial charge in [0.2, 0.25) is 0 Å². The Bertz CT molecular complexity index is 1210. The van der Waals surface area contributed by atoms with E-state index in [4.69, 9.17) is 21.0 Å². The number of fused-ring (bicyclic) bond motifs is 3. The number of hydrogen-bond donors (Lipinski definition) is 0. The average molecular weight is 444 g/mol. The number of allylic oxidation sites excluding steroid dienone is 2. The lowest BCUT2D eigenvalue weighted by molar-refractivity contribution is 0.401. The summed E-state index contributed by atoms with van der Waals surface area (Å²) in [6.45, 7) is 5.32. The molecule has 0 saturated heterocycles. The standard InChI is InChI=1S/C24H21N5S2/c1-3-5-6-16(4-2)15-29-21-9-19(7-17(11-25)12-26)30-23(21)24-22(29)10-20(31-24)8-18(13-27)14-28/h7-10,16H,3-6,15H2,1-2H3. The van der Waals surface area contributed by atoms with Crippen LogP contribution in [0.2, 0.25) is 0 Å². The molecular formula is C24H21N5S2. The second kappa shape index (κ2) is 10.1. The molecule has 3 heterocycles. The highest BCUT2D eigenvalue weighted by Gasteiger charge is 2.19. The van der Waals surface area contributed by atoms with Gasteiger partial charge in [-0.25, -0.2) is 0 Å². The minimum absolute atomic E-state index is 0.0866. The Kier molecular flexibility index (Phi) is 7.28. The molecule has 3 aromatic rings. The molecular weight excluding hydrogens is 422 g/mol. The molecule has 0 N–H and O–H groups in total. The molecule has 0 aliphatic rings. The van der Waals surface area contributed by atoms with Gasteiger partial charge in [0.05, 0.1) is 20.4 Å². The van der Waals surface area contributed by atoms with E-state index in [2.05, 4.69) is 30.5 Å². The Balaban J connectivity index is 2.18. The van der Waals surface area contributed by atoms with Gasteiger partial charge in [-0.2, -0.15) is 21.0 Å². The van der Waals surface area contributed by atoms with Crippen molar-refractivity contribution in [2.75, 3.05) is 0 Å². The molecule has 7 heteroatoms. The van der Waals surface area contributed by atoms with Crippen molar-refractivity contribution in [3.8, 4) is 24.3 Å². The van der Waals surface area contributed by atoms with Gasteiger partial charge in [0.25, 0.3) is 0 Å². The van der Waals surface area contributed by atoms with Crippen LogP contribution in [0.4, 0.5) is 0 Å². The van der Waals surface area contributed by atoms with Gasteiger partial charge < -0.3 is 4.57 Å². The summed E-state index contributed by atoms with van der Waals surface area (Å²) < 4.78 is 4.55. The molecule has 154 valence electrons. The van der Waals surface area contributed by atoms with Crippen LogP contribution in [0.1, 0.15) is 49.3 Å². The summed E-state index contributed by atoms with van der Waals surface area (Å²) in [5.41, 5.74) is 2.39. The zero-order valence-electron chi connectivity index (χ0n) is 17.5. The number of thiophene rings is 2. The first kappa shape index (κ1) is 22.3. The predicted molar refractivity (Wildman–Crippen MR) is 127 cm³/mol. The fraction of sp³-hybridized carbons (Fsp3) is 0.333. The number of aromatic nitrogens is 1. The lowest BCUT2D eigenvalue weighted by Gasteiger charge is -2.16. The van der Waals surface area contributed by atoms with E-state index >= 15 is 0 Å². The van der Waals surface area contributed by atoms with Gasteiger partial charge in [0.15, 0.2) is 0 Å². The second-order valence-corrected chi connectivity index (χ2v) is 9.48. The largest absolute Gasteiger partial charge is 0.339 e. The van der Waals surface area contributed by atoms with E-state index in [-0.39, 0.29) is 11.1 Å². The minimum atomic E-state index is 0.0866. The van der Waals surface area contributed by atoms with Crippen molar-refractivity contribution in [3.05, 3.63) is 33.0 Å². The third-order valence-electron chi connectivity index (χ3n) is 5.29. The number of hydrogen-bond acceptors (Lipinski definition) is 6. The van der Waals surface area contributed by atoms with Crippen LogP contribution in [-0.2, 0) is 6.54 Å². The van der Waals surface area contributed by atoms with Crippen LogP contribution in [0.5, 0.6) is 0 Å². The van der Waals surface area contributed by atoms with Crippen molar-refractivity contribution in [1.82, 2.24) is 4.57 Å². The van der Waals surface area contributed by atoms with Gasteiger partial charge in [-0.3, -0.25) is 0 Å². The van der Waals surface area contributed by atoms with Crippen LogP contribution >= 0.6 is 22.7 Å². The first-order chi connectivity index (χ1) is 15.1. The van der Waals surface area contributed by atoms with Gasteiger partial charge in [-0.05, 0) is 36.6 Å². The summed E-state index contributed by atoms with van der Waals surface area (Å²) >= 11 is 3.13. The van der Waals surface area contributed by atoms with E-state index in [1.54, 1.807) is 34.8 Å². The van der Waals surface area contributed by atoms with Crippen molar-refractivity contribution in [3.63, 3.8) is 0 Å². The molecule has 0 aliphatic carbocycles. The summed E-state index contributed by atoms with van der Waals surface area (Å²) in [5.74, 6) is 0.555. The first-order valence-corrected chi connectivity index (χ1v) is 11.8. The molecule has 0 radical (unpaired) electrons. The quantitative estimate of drug-likeness (QED) is 0.350. The van der Waals surface area contributed by atoms with E-state index in [0.717, 1.165) is 43.2 Å². The highest BCUT2D eigenvalue weighted by molar-refractivity contribution is 7.28. The van der Waals surface area contributed by atoms with E-state index in [1.165, 1.54) is 19.3 Å². The molecule has 1 unspecified atom stereocenters. The third kappa shape index (κ3) is 4.70. The Hall–Kier alpha value is -3.36. The van der Waals surface area contributed by atoms with Crippen molar-refractivity contribution >= 4 is 55.3 Å². The summed E-state index contributed by atoms with van der Waals surface area (Å²) in [6, 6.07) is 11.8. The molecule has 1 atom stereocenters. The third-order valence-corrected chi connectivity index (χ3v) is 7.60. The van der Waals surface area contributed by atoms with Crippen LogP contribution in [-0.4, -0.2) is 4.57 Å². The lowest BCUT2D eigenvalue weighted by atomic mass is 9.99. The monoisotopic (exact) mass is 443 g/mol. The Morgan fingerprint density at radius 2 is 1.39 bits per heavy atom. The van der Waals surface area contributed by atoms with Gasteiger partial charge in [0.1, 0.15) is 35.4 Å².